The van der Waals surface area contributed by atoms with E-state index in [2.05, 4.69) is 6.58 Å². The number of hydrogen-bond donors (Lipinski definition) is 1. The SMILES string of the molecule is C=CCN(CC)C(=O)[C@@H](N)C(C)CC. The van der Waals surface area contributed by atoms with E-state index in [1.807, 2.05) is 20.8 Å². The van der Waals surface area contributed by atoms with Crippen LogP contribution in [0.3, 0.4) is 0 Å². The van der Waals surface area contributed by atoms with Crippen LogP contribution in [0.2, 0.25) is 0 Å². The molecular weight excluding hydrogens is 176 g/mol. The molecular formula is C11H22N2O. The standard InChI is InChI=1S/C11H22N2O/c1-5-8-13(7-3)11(14)10(12)9(4)6-2/h5,9-10H,1,6-8,12H2,2-4H3/t9?,10-/m0/s1. The Kier molecular flexibility index (Phi) is 6.21. The number of amides is 1. The minimum atomic E-state index is -0.375. The number of carbonyl (C=O) groups excluding carboxylic acids is 1. The molecule has 0 aliphatic carbocycles. The molecule has 14 heavy (non-hydrogen) atoms. The van der Waals surface area contributed by atoms with E-state index in [0.717, 1.165) is 6.42 Å². The second-order valence-electron chi connectivity index (χ2n) is 3.58. The highest BCUT2D eigenvalue weighted by atomic mass is 16.2. The molecule has 3 nitrogen and oxygen atoms in total. The van der Waals surface area contributed by atoms with E-state index in [1.165, 1.54) is 0 Å². The molecule has 2 atom stereocenters. The molecule has 0 rings (SSSR count). The summed E-state index contributed by atoms with van der Waals surface area (Å²) in [6.45, 7) is 10.9. The van der Waals surface area contributed by atoms with Crippen molar-refractivity contribution in [2.45, 2.75) is 33.2 Å². The number of rotatable bonds is 6. The third-order valence-corrected chi connectivity index (χ3v) is 2.59. The second kappa shape index (κ2) is 6.60. The van der Waals surface area contributed by atoms with Gasteiger partial charge in [-0.25, -0.2) is 0 Å². The Bertz CT molecular complexity index is 192. The summed E-state index contributed by atoms with van der Waals surface area (Å²) in [7, 11) is 0. The lowest BCUT2D eigenvalue weighted by molar-refractivity contribution is -0.133. The highest BCUT2D eigenvalue weighted by molar-refractivity contribution is 5.82. The zero-order valence-corrected chi connectivity index (χ0v) is 9.49. The molecule has 3 heteroatoms. The molecule has 82 valence electrons. The summed E-state index contributed by atoms with van der Waals surface area (Å²) in [5.74, 6) is 0.267. The third-order valence-electron chi connectivity index (χ3n) is 2.59. The van der Waals surface area contributed by atoms with Gasteiger partial charge in [-0.3, -0.25) is 4.79 Å². The lowest BCUT2D eigenvalue weighted by atomic mass is 9.99. The zero-order chi connectivity index (χ0) is 11.1. The van der Waals surface area contributed by atoms with Gasteiger partial charge in [0.15, 0.2) is 0 Å². The predicted octanol–water partition coefficient (Wildman–Crippen LogP) is 1.39. The Morgan fingerprint density at radius 1 is 1.57 bits per heavy atom. The predicted molar refractivity (Wildman–Crippen MR) is 59.9 cm³/mol. The average Bonchev–Trinajstić information content (AvgIpc) is 2.22. The summed E-state index contributed by atoms with van der Waals surface area (Å²) >= 11 is 0. The highest BCUT2D eigenvalue weighted by Gasteiger charge is 2.23. The molecule has 0 radical (unpaired) electrons. The summed E-state index contributed by atoms with van der Waals surface area (Å²) in [6, 6.07) is -0.375. The first kappa shape index (κ1) is 13.2. The van der Waals surface area contributed by atoms with Crippen LogP contribution in [0, 0.1) is 5.92 Å². The maximum absolute atomic E-state index is 11.8. The first-order valence-electron chi connectivity index (χ1n) is 5.23. The van der Waals surface area contributed by atoms with Gasteiger partial charge in [-0.2, -0.15) is 0 Å². The topological polar surface area (TPSA) is 46.3 Å². The van der Waals surface area contributed by atoms with Gasteiger partial charge < -0.3 is 10.6 Å². The van der Waals surface area contributed by atoms with Gasteiger partial charge in [0.1, 0.15) is 0 Å². The van der Waals surface area contributed by atoms with Crippen LogP contribution in [0.25, 0.3) is 0 Å². The summed E-state index contributed by atoms with van der Waals surface area (Å²) in [4.78, 5) is 13.5. The van der Waals surface area contributed by atoms with Gasteiger partial charge >= 0.3 is 0 Å². The lowest BCUT2D eigenvalue weighted by Crippen LogP contribution is -2.47. The molecule has 0 aromatic rings. The smallest absolute Gasteiger partial charge is 0.240 e. The van der Waals surface area contributed by atoms with E-state index in [-0.39, 0.29) is 17.9 Å². The van der Waals surface area contributed by atoms with Gasteiger partial charge in [0, 0.05) is 13.1 Å². The summed E-state index contributed by atoms with van der Waals surface area (Å²) in [5, 5.41) is 0. The Labute approximate surface area is 87.0 Å². The fourth-order valence-corrected chi connectivity index (χ4v) is 1.24. The number of carbonyl (C=O) groups is 1. The largest absolute Gasteiger partial charge is 0.338 e. The molecule has 0 saturated heterocycles. The summed E-state index contributed by atoms with van der Waals surface area (Å²) in [6.07, 6.45) is 2.66. The van der Waals surface area contributed by atoms with Crippen molar-refractivity contribution in [3.8, 4) is 0 Å². The Hall–Kier alpha value is -0.830. The van der Waals surface area contributed by atoms with Crippen molar-refractivity contribution < 1.29 is 4.79 Å². The van der Waals surface area contributed by atoms with Gasteiger partial charge in [0.2, 0.25) is 5.91 Å². The number of nitrogens with two attached hydrogens (primary N) is 1. The van der Waals surface area contributed by atoms with Gasteiger partial charge in [-0.15, -0.1) is 6.58 Å². The lowest BCUT2D eigenvalue weighted by Gasteiger charge is -2.25. The van der Waals surface area contributed by atoms with Crippen molar-refractivity contribution in [1.29, 1.82) is 0 Å². The molecule has 0 aromatic heterocycles. The van der Waals surface area contributed by atoms with Crippen molar-refractivity contribution >= 4 is 5.91 Å². The van der Waals surface area contributed by atoms with Crippen LogP contribution in [-0.2, 0) is 4.79 Å². The van der Waals surface area contributed by atoms with E-state index in [0.29, 0.717) is 13.1 Å². The van der Waals surface area contributed by atoms with E-state index in [4.69, 9.17) is 5.73 Å². The number of nitrogens with zero attached hydrogens (tertiary/aromatic N) is 1. The Balaban J connectivity index is 4.33. The number of hydrogen-bond acceptors (Lipinski definition) is 2. The molecule has 0 fully saturated rings. The molecule has 0 aliphatic rings. The summed E-state index contributed by atoms with van der Waals surface area (Å²) in [5.41, 5.74) is 5.85. The third kappa shape index (κ3) is 3.50. The van der Waals surface area contributed by atoms with Crippen LogP contribution < -0.4 is 5.73 Å². The molecule has 1 unspecified atom stereocenters. The van der Waals surface area contributed by atoms with Gasteiger partial charge in [-0.05, 0) is 12.8 Å². The van der Waals surface area contributed by atoms with Crippen molar-refractivity contribution in [1.82, 2.24) is 4.90 Å². The van der Waals surface area contributed by atoms with E-state index < -0.39 is 0 Å². The zero-order valence-electron chi connectivity index (χ0n) is 9.49. The molecule has 1 amide bonds. The van der Waals surface area contributed by atoms with Crippen LogP contribution in [0.4, 0.5) is 0 Å². The Morgan fingerprint density at radius 3 is 2.50 bits per heavy atom. The van der Waals surface area contributed by atoms with Crippen LogP contribution in [0.5, 0.6) is 0 Å². The first-order valence-corrected chi connectivity index (χ1v) is 5.23. The fraction of sp³-hybridized carbons (Fsp3) is 0.727. The van der Waals surface area contributed by atoms with Crippen molar-refractivity contribution in [3.05, 3.63) is 12.7 Å². The van der Waals surface area contributed by atoms with E-state index >= 15 is 0 Å². The van der Waals surface area contributed by atoms with Crippen LogP contribution in [0.15, 0.2) is 12.7 Å². The van der Waals surface area contributed by atoms with Crippen LogP contribution >= 0.6 is 0 Å². The molecule has 0 spiro atoms. The molecule has 0 saturated carbocycles. The molecule has 0 heterocycles. The van der Waals surface area contributed by atoms with E-state index in [1.54, 1.807) is 11.0 Å². The maximum Gasteiger partial charge on any atom is 0.240 e. The fourth-order valence-electron chi connectivity index (χ4n) is 1.24. The van der Waals surface area contributed by atoms with Crippen molar-refractivity contribution in [3.63, 3.8) is 0 Å². The molecule has 0 aromatic carbocycles. The van der Waals surface area contributed by atoms with Gasteiger partial charge in [-0.1, -0.05) is 26.3 Å². The van der Waals surface area contributed by atoms with Crippen molar-refractivity contribution in [2.75, 3.05) is 13.1 Å². The van der Waals surface area contributed by atoms with Gasteiger partial charge in [0.05, 0.1) is 6.04 Å². The average molecular weight is 198 g/mol. The van der Waals surface area contributed by atoms with Crippen molar-refractivity contribution in [2.24, 2.45) is 11.7 Å². The van der Waals surface area contributed by atoms with Crippen LogP contribution in [-0.4, -0.2) is 29.9 Å². The minimum Gasteiger partial charge on any atom is -0.338 e. The second-order valence-corrected chi connectivity index (χ2v) is 3.58. The maximum atomic E-state index is 11.8. The van der Waals surface area contributed by atoms with E-state index in [9.17, 15) is 4.79 Å². The van der Waals surface area contributed by atoms with Gasteiger partial charge in [0.25, 0.3) is 0 Å². The minimum absolute atomic E-state index is 0.0294. The Morgan fingerprint density at radius 2 is 2.14 bits per heavy atom. The van der Waals surface area contributed by atoms with Crippen LogP contribution in [0.1, 0.15) is 27.2 Å². The quantitative estimate of drug-likeness (QED) is 0.656. The molecule has 0 aliphatic heterocycles. The monoisotopic (exact) mass is 198 g/mol. The highest BCUT2D eigenvalue weighted by Crippen LogP contribution is 2.08. The molecule has 2 N–H and O–H groups in total. The molecule has 0 bridgehead atoms. The summed E-state index contributed by atoms with van der Waals surface area (Å²) < 4.78 is 0. The first-order chi connectivity index (χ1) is 6.58. The normalized spacial score (nSPS) is 14.6. The number of likely N-dealkylation sites (N-methyl/N-ethyl adjacent to an activating group) is 1.